The van der Waals surface area contributed by atoms with Crippen LogP contribution in [-0.4, -0.2) is 36.4 Å². The number of carbonyl (C=O) groups is 1. The minimum atomic E-state index is -0.608. The maximum Gasteiger partial charge on any atom is 0.331 e. The van der Waals surface area contributed by atoms with Crippen LogP contribution in [0, 0.1) is 34.5 Å². The van der Waals surface area contributed by atoms with Crippen LogP contribution in [0.1, 0.15) is 71.6 Å². The van der Waals surface area contributed by atoms with Gasteiger partial charge in [0.15, 0.2) is 0 Å². The molecule has 0 aromatic carbocycles. The third kappa shape index (κ3) is 2.73. The molecule has 1 heterocycles. The van der Waals surface area contributed by atoms with Gasteiger partial charge < -0.3 is 14.7 Å². The van der Waals surface area contributed by atoms with E-state index >= 15 is 0 Å². The molecule has 0 aromatic rings. The zero-order chi connectivity index (χ0) is 20.4. The van der Waals surface area contributed by atoms with Gasteiger partial charge in [-0.2, -0.15) is 5.48 Å². The average molecular weight is 404 g/mol. The third-order valence-corrected chi connectivity index (χ3v) is 10.3. The molecule has 162 valence electrons. The highest BCUT2D eigenvalue weighted by molar-refractivity contribution is 5.85. The number of hydrogen-bond acceptors (Lipinski definition) is 5. The lowest BCUT2D eigenvalue weighted by atomic mass is 9.43. The number of hydrogen-bond donors (Lipinski definition) is 2. The first-order chi connectivity index (χ1) is 13.8. The molecule has 8 atom stereocenters. The van der Waals surface area contributed by atoms with Gasteiger partial charge in [0.05, 0.1) is 12.7 Å². The summed E-state index contributed by atoms with van der Waals surface area (Å²) in [6.45, 7) is 5.25. The van der Waals surface area contributed by atoms with Crippen molar-refractivity contribution in [1.82, 2.24) is 5.48 Å². The Morgan fingerprint density at radius 2 is 1.93 bits per heavy atom. The summed E-state index contributed by atoms with van der Waals surface area (Å²) in [6, 6.07) is 0.467. The van der Waals surface area contributed by atoms with E-state index in [0.29, 0.717) is 29.9 Å². The summed E-state index contributed by atoms with van der Waals surface area (Å²) >= 11 is 0. The van der Waals surface area contributed by atoms with Crippen molar-refractivity contribution in [3.8, 4) is 0 Å². The normalized spacial score (nSPS) is 51.7. The molecule has 4 fully saturated rings. The Kier molecular flexibility index (Phi) is 4.69. The number of cyclic esters (lactones) is 1. The number of ether oxygens (including phenoxy) is 1. The van der Waals surface area contributed by atoms with E-state index in [4.69, 9.17) is 9.57 Å². The highest BCUT2D eigenvalue weighted by Crippen LogP contribution is 2.69. The zero-order valence-electron chi connectivity index (χ0n) is 18.2. The molecule has 2 N–H and O–H groups in total. The molecule has 0 amide bonds. The first-order valence-corrected chi connectivity index (χ1v) is 11.7. The number of esters is 1. The number of rotatable bonds is 3. The van der Waals surface area contributed by atoms with Crippen molar-refractivity contribution in [3.05, 3.63) is 11.6 Å². The molecule has 1 aliphatic heterocycles. The molecule has 29 heavy (non-hydrogen) atoms. The summed E-state index contributed by atoms with van der Waals surface area (Å²) in [4.78, 5) is 16.9. The summed E-state index contributed by atoms with van der Waals surface area (Å²) in [6.07, 6.45) is 11.8. The molecule has 5 aliphatic rings. The van der Waals surface area contributed by atoms with Gasteiger partial charge in [0, 0.05) is 17.5 Å². The number of fused-ring (bicyclic) bond motifs is 5. The van der Waals surface area contributed by atoms with E-state index in [1.165, 1.54) is 25.7 Å². The second kappa shape index (κ2) is 6.80. The van der Waals surface area contributed by atoms with Gasteiger partial charge in [-0.05, 0) is 92.4 Å². The average Bonchev–Trinajstić information content (AvgIpc) is 3.23. The topological polar surface area (TPSA) is 67.8 Å². The molecule has 5 heteroatoms. The van der Waals surface area contributed by atoms with Crippen LogP contribution in [-0.2, 0) is 14.4 Å². The number of nitrogens with one attached hydrogen (secondary N) is 1. The van der Waals surface area contributed by atoms with Crippen LogP contribution in [0.25, 0.3) is 0 Å². The number of hydroxylamine groups is 1. The first-order valence-electron chi connectivity index (χ1n) is 11.7. The fraction of sp³-hybridized carbons (Fsp3) is 0.875. The molecular formula is C24H37NO4. The summed E-state index contributed by atoms with van der Waals surface area (Å²) in [5.41, 5.74) is 3.91. The Hall–Kier alpha value is -0.910. The SMILES string of the molecule is CON[C@H]1CC[C@]2(C)C3CC[C@]4(C)[C@@H](C5=CC(=O)OC5)CC[C@]4(O)C3CC[C@@H]2C1. The molecule has 4 saturated carbocycles. The van der Waals surface area contributed by atoms with Crippen LogP contribution in [0.5, 0.6) is 0 Å². The monoisotopic (exact) mass is 403 g/mol. The smallest absolute Gasteiger partial charge is 0.331 e. The van der Waals surface area contributed by atoms with Crippen LogP contribution in [0.2, 0.25) is 0 Å². The fourth-order valence-corrected chi connectivity index (χ4v) is 8.68. The van der Waals surface area contributed by atoms with Crippen molar-refractivity contribution in [2.24, 2.45) is 34.5 Å². The van der Waals surface area contributed by atoms with Gasteiger partial charge in [-0.25, -0.2) is 4.79 Å². The fourth-order valence-electron chi connectivity index (χ4n) is 8.68. The maximum atomic E-state index is 12.2. The van der Waals surface area contributed by atoms with Crippen molar-refractivity contribution in [1.29, 1.82) is 0 Å². The molecule has 4 aliphatic carbocycles. The molecular weight excluding hydrogens is 366 g/mol. The van der Waals surface area contributed by atoms with Crippen LogP contribution in [0.4, 0.5) is 0 Å². The predicted molar refractivity (Wildman–Crippen MR) is 110 cm³/mol. The standard InChI is InChI=1S/C24H37NO4/c1-22-9-6-17(25-28-3)13-16(22)4-5-20-19(22)7-10-23(2)18(8-11-24(20,23)27)15-12-21(26)29-14-15/h12,16-20,25,27H,4-11,13-14H2,1-3H3/t16-,17+,18-,19?,20?,22+,23-,24+/m1/s1. The Morgan fingerprint density at radius 3 is 2.66 bits per heavy atom. The van der Waals surface area contributed by atoms with E-state index in [0.717, 1.165) is 43.6 Å². The molecule has 0 spiro atoms. The number of aliphatic hydroxyl groups is 1. The van der Waals surface area contributed by atoms with E-state index in [2.05, 4.69) is 19.3 Å². The van der Waals surface area contributed by atoms with Gasteiger partial charge >= 0.3 is 5.97 Å². The lowest BCUT2D eigenvalue weighted by molar-refractivity contribution is -0.206. The first kappa shape index (κ1) is 20.0. The Bertz CT molecular complexity index is 722. The van der Waals surface area contributed by atoms with E-state index in [1.54, 1.807) is 13.2 Å². The quantitative estimate of drug-likeness (QED) is 0.555. The minimum absolute atomic E-state index is 0.133. The van der Waals surface area contributed by atoms with E-state index in [-0.39, 0.29) is 17.3 Å². The molecule has 0 radical (unpaired) electrons. The van der Waals surface area contributed by atoms with Crippen LogP contribution < -0.4 is 5.48 Å². The van der Waals surface area contributed by atoms with Crippen molar-refractivity contribution >= 4 is 5.97 Å². The van der Waals surface area contributed by atoms with Crippen molar-refractivity contribution in [3.63, 3.8) is 0 Å². The maximum absolute atomic E-state index is 12.2. The molecule has 0 bridgehead atoms. The van der Waals surface area contributed by atoms with Crippen molar-refractivity contribution in [2.45, 2.75) is 83.3 Å². The highest BCUT2D eigenvalue weighted by Gasteiger charge is 2.67. The molecule has 2 unspecified atom stereocenters. The minimum Gasteiger partial charge on any atom is -0.458 e. The van der Waals surface area contributed by atoms with Crippen LogP contribution in [0.15, 0.2) is 11.6 Å². The number of carbonyl (C=O) groups excluding carboxylic acids is 1. The summed E-state index contributed by atoms with van der Waals surface area (Å²) in [5, 5.41) is 12.2. The Morgan fingerprint density at radius 1 is 1.10 bits per heavy atom. The molecule has 0 saturated heterocycles. The lowest BCUT2D eigenvalue weighted by Gasteiger charge is -2.63. The second-order valence-corrected chi connectivity index (χ2v) is 11.1. The van der Waals surface area contributed by atoms with Gasteiger partial charge in [-0.1, -0.05) is 13.8 Å². The van der Waals surface area contributed by atoms with Gasteiger partial charge in [0.25, 0.3) is 0 Å². The van der Waals surface area contributed by atoms with E-state index < -0.39 is 5.60 Å². The largest absolute Gasteiger partial charge is 0.458 e. The van der Waals surface area contributed by atoms with Crippen molar-refractivity contribution < 1.29 is 19.5 Å². The highest BCUT2D eigenvalue weighted by atomic mass is 16.6. The van der Waals surface area contributed by atoms with E-state index in [1.807, 2.05) is 0 Å². The zero-order valence-corrected chi connectivity index (χ0v) is 18.2. The Labute approximate surface area is 174 Å². The van der Waals surface area contributed by atoms with Crippen LogP contribution >= 0.6 is 0 Å². The third-order valence-electron chi connectivity index (χ3n) is 10.3. The van der Waals surface area contributed by atoms with E-state index in [9.17, 15) is 9.90 Å². The Balaban J connectivity index is 1.41. The van der Waals surface area contributed by atoms with Gasteiger partial charge in [0.2, 0.25) is 0 Å². The predicted octanol–water partition coefficient (Wildman–Crippen LogP) is 3.76. The molecule has 5 rings (SSSR count). The van der Waals surface area contributed by atoms with Gasteiger partial charge in [-0.3, -0.25) is 0 Å². The lowest BCUT2D eigenvalue weighted by Crippen LogP contribution is -2.62. The summed E-state index contributed by atoms with van der Waals surface area (Å²) in [5.74, 6) is 1.79. The molecule has 5 nitrogen and oxygen atoms in total. The molecule has 0 aromatic heterocycles. The van der Waals surface area contributed by atoms with Gasteiger partial charge in [-0.15, -0.1) is 0 Å². The van der Waals surface area contributed by atoms with Gasteiger partial charge in [0.1, 0.15) is 6.61 Å². The second-order valence-electron chi connectivity index (χ2n) is 11.1. The summed E-state index contributed by atoms with van der Waals surface area (Å²) < 4.78 is 5.23. The van der Waals surface area contributed by atoms with Crippen molar-refractivity contribution in [2.75, 3.05) is 13.7 Å². The van der Waals surface area contributed by atoms with Crippen LogP contribution in [0.3, 0.4) is 0 Å². The summed E-state index contributed by atoms with van der Waals surface area (Å²) in [7, 11) is 1.72.